The number of rotatable bonds is 12. The van der Waals surface area contributed by atoms with E-state index in [4.69, 9.17) is 37.9 Å². The zero-order valence-electron chi connectivity index (χ0n) is 27.5. The highest BCUT2D eigenvalue weighted by molar-refractivity contribution is 5.51. The van der Waals surface area contributed by atoms with Crippen LogP contribution in [-0.2, 0) is 29.1 Å². The van der Waals surface area contributed by atoms with Crippen molar-refractivity contribution in [2.45, 2.75) is 51.5 Å². The Kier molecular flexibility index (Phi) is 9.28. The van der Waals surface area contributed by atoms with Crippen molar-refractivity contribution >= 4 is 0 Å². The summed E-state index contributed by atoms with van der Waals surface area (Å²) in [5, 5.41) is 0. The van der Waals surface area contributed by atoms with Crippen molar-refractivity contribution in [1.29, 1.82) is 0 Å². The lowest BCUT2D eigenvalue weighted by Crippen LogP contribution is -2.34. The van der Waals surface area contributed by atoms with E-state index in [0.29, 0.717) is 53.3 Å². The standard InChI is InChI=1S/C40H37FO8/c1-40(2)48-34-17-15-29(20-37(34)49-40)46-30-19-32(41)31-22-38(45-25-42-3)39(47-35(31)21-30)28-14-16-33(43-23-26-10-6-4-7-11-26)36(18-28)44-24-27-12-8-5-9-13-27/h4-21,38-39H,22-25H2,1-3H3/t38-,39+/m0/s1. The van der Waals surface area contributed by atoms with E-state index in [-0.39, 0.29) is 19.0 Å². The van der Waals surface area contributed by atoms with Gasteiger partial charge in [-0.2, -0.15) is 0 Å². The summed E-state index contributed by atoms with van der Waals surface area (Å²) in [6.45, 7) is 4.38. The van der Waals surface area contributed by atoms with Crippen LogP contribution in [0.1, 0.15) is 42.2 Å². The molecule has 0 aliphatic carbocycles. The van der Waals surface area contributed by atoms with Crippen molar-refractivity contribution < 1.29 is 42.3 Å². The van der Waals surface area contributed by atoms with Crippen molar-refractivity contribution in [3.05, 3.63) is 137 Å². The van der Waals surface area contributed by atoms with Gasteiger partial charge < -0.3 is 37.9 Å². The minimum atomic E-state index is -0.776. The molecule has 9 heteroatoms. The van der Waals surface area contributed by atoms with E-state index in [1.165, 1.54) is 6.07 Å². The molecule has 0 saturated heterocycles. The van der Waals surface area contributed by atoms with Crippen LogP contribution >= 0.6 is 0 Å². The first kappa shape index (κ1) is 32.3. The first-order valence-corrected chi connectivity index (χ1v) is 16.1. The molecule has 0 N–H and O–H groups in total. The molecule has 2 heterocycles. The van der Waals surface area contributed by atoms with E-state index in [0.717, 1.165) is 16.7 Å². The molecule has 0 amide bonds. The number of ether oxygens (including phenoxy) is 8. The van der Waals surface area contributed by atoms with Crippen molar-refractivity contribution in [3.8, 4) is 40.2 Å². The molecular weight excluding hydrogens is 627 g/mol. The summed E-state index contributed by atoms with van der Waals surface area (Å²) >= 11 is 0. The first-order valence-electron chi connectivity index (χ1n) is 16.1. The van der Waals surface area contributed by atoms with Gasteiger partial charge in [0.05, 0.1) is 0 Å². The number of methoxy groups -OCH3 is 1. The van der Waals surface area contributed by atoms with Crippen LogP contribution in [-0.4, -0.2) is 25.8 Å². The third kappa shape index (κ3) is 7.58. The summed E-state index contributed by atoms with van der Waals surface area (Å²) in [5.41, 5.74) is 3.21. The van der Waals surface area contributed by atoms with Gasteiger partial charge in [0, 0.05) is 51.1 Å². The van der Waals surface area contributed by atoms with Gasteiger partial charge in [-0.05, 0) is 41.0 Å². The normalized spacial score (nSPS) is 17.1. The third-order valence-corrected chi connectivity index (χ3v) is 8.16. The topological polar surface area (TPSA) is 73.8 Å². The van der Waals surface area contributed by atoms with Gasteiger partial charge >= 0.3 is 0 Å². The van der Waals surface area contributed by atoms with Gasteiger partial charge in [0.25, 0.3) is 0 Å². The molecule has 0 aromatic heterocycles. The van der Waals surface area contributed by atoms with E-state index >= 15 is 4.39 Å². The molecule has 252 valence electrons. The minimum absolute atomic E-state index is 0.0131. The average Bonchev–Trinajstić information content (AvgIpc) is 3.43. The van der Waals surface area contributed by atoms with Gasteiger partial charge in [-0.1, -0.05) is 66.7 Å². The molecule has 0 bridgehead atoms. The second-order valence-electron chi connectivity index (χ2n) is 12.3. The van der Waals surface area contributed by atoms with E-state index in [2.05, 4.69) is 0 Å². The Bertz CT molecular complexity index is 1900. The number of hydrogen-bond acceptors (Lipinski definition) is 8. The van der Waals surface area contributed by atoms with Gasteiger partial charge in [0.2, 0.25) is 5.79 Å². The summed E-state index contributed by atoms with van der Waals surface area (Å²) < 4.78 is 63.7. The Morgan fingerprint density at radius 3 is 2.10 bits per heavy atom. The van der Waals surface area contributed by atoms with Gasteiger partial charge in [-0.15, -0.1) is 0 Å². The van der Waals surface area contributed by atoms with E-state index in [9.17, 15) is 0 Å². The van der Waals surface area contributed by atoms with Crippen molar-refractivity contribution in [3.63, 3.8) is 0 Å². The maximum absolute atomic E-state index is 15.7. The first-order chi connectivity index (χ1) is 23.8. The molecular formula is C40H37FO8. The summed E-state index contributed by atoms with van der Waals surface area (Å²) in [5.74, 6) is 2.17. The predicted octanol–water partition coefficient (Wildman–Crippen LogP) is 8.95. The molecule has 0 spiro atoms. The quantitative estimate of drug-likeness (QED) is 0.122. The summed E-state index contributed by atoms with van der Waals surface area (Å²) in [4.78, 5) is 0. The van der Waals surface area contributed by atoms with Crippen LogP contribution in [0.3, 0.4) is 0 Å². The summed E-state index contributed by atoms with van der Waals surface area (Å²) in [7, 11) is 1.54. The van der Waals surface area contributed by atoms with Crippen LogP contribution in [0.4, 0.5) is 4.39 Å². The van der Waals surface area contributed by atoms with Crippen LogP contribution in [0.15, 0.2) is 109 Å². The highest BCUT2D eigenvalue weighted by Gasteiger charge is 2.36. The summed E-state index contributed by atoms with van der Waals surface area (Å²) in [6.07, 6.45) is -0.919. The molecule has 7 rings (SSSR count). The Hall–Kier alpha value is -5.25. The zero-order chi connectivity index (χ0) is 33.8. The Morgan fingerprint density at radius 1 is 0.714 bits per heavy atom. The molecule has 0 saturated carbocycles. The Balaban J connectivity index is 1.17. The highest BCUT2D eigenvalue weighted by Crippen LogP contribution is 2.45. The lowest BCUT2D eigenvalue weighted by atomic mass is 9.94. The molecule has 5 aromatic rings. The van der Waals surface area contributed by atoms with Crippen LogP contribution in [0.25, 0.3) is 0 Å². The molecule has 49 heavy (non-hydrogen) atoms. The zero-order valence-corrected chi connectivity index (χ0v) is 27.5. The number of halogens is 1. The molecule has 2 aliphatic heterocycles. The van der Waals surface area contributed by atoms with E-state index < -0.39 is 23.8 Å². The van der Waals surface area contributed by atoms with Crippen molar-refractivity contribution in [2.24, 2.45) is 0 Å². The van der Waals surface area contributed by atoms with Crippen LogP contribution in [0.2, 0.25) is 0 Å². The second kappa shape index (κ2) is 14.1. The number of benzene rings is 5. The largest absolute Gasteiger partial charge is 0.485 e. The SMILES string of the molecule is COCO[C@H]1Cc2c(F)cc(Oc3ccc4c(c3)OC(C)(C)O4)cc2O[C@@H]1c1ccc(OCc2ccccc2)c(OCc2ccccc2)c1. The Morgan fingerprint density at radius 2 is 1.39 bits per heavy atom. The lowest BCUT2D eigenvalue weighted by Gasteiger charge is -2.34. The molecule has 0 unspecified atom stereocenters. The van der Waals surface area contributed by atoms with Gasteiger partial charge in [0.15, 0.2) is 29.1 Å². The third-order valence-electron chi connectivity index (χ3n) is 8.16. The smallest absolute Gasteiger partial charge is 0.246 e. The molecule has 0 radical (unpaired) electrons. The van der Waals surface area contributed by atoms with Crippen molar-refractivity contribution in [2.75, 3.05) is 13.9 Å². The maximum atomic E-state index is 15.7. The summed E-state index contributed by atoms with van der Waals surface area (Å²) in [6, 6.07) is 33.8. The Labute approximate surface area is 284 Å². The van der Waals surface area contributed by atoms with Gasteiger partial charge in [0.1, 0.15) is 49.2 Å². The molecule has 2 aliphatic rings. The molecule has 0 fully saturated rings. The number of fused-ring (bicyclic) bond motifs is 2. The van der Waals surface area contributed by atoms with Crippen LogP contribution in [0.5, 0.6) is 40.2 Å². The van der Waals surface area contributed by atoms with Gasteiger partial charge in [-0.25, -0.2) is 4.39 Å². The highest BCUT2D eigenvalue weighted by atomic mass is 19.1. The second-order valence-corrected chi connectivity index (χ2v) is 12.3. The maximum Gasteiger partial charge on any atom is 0.246 e. The van der Waals surface area contributed by atoms with Gasteiger partial charge in [-0.3, -0.25) is 0 Å². The van der Waals surface area contributed by atoms with Crippen LogP contribution < -0.4 is 28.4 Å². The van der Waals surface area contributed by atoms with Crippen molar-refractivity contribution in [1.82, 2.24) is 0 Å². The van der Waals surface area contributed by atoms with Crippen LogP contribution in [0, 0.1) is 5.82 Å². The van der Waals surface area contributed by atoms with E-state index in [1.807, 2.05) is 92.7 Å². The molecule has 5 aromatic carbocycles. The number of hydrogen-bond donors (Lipinski definition) is 0. The fraction of sp³-hybridized carbons (Fsp3) is 0.250. The monoisotopic (exact) mass is 664 g/mol. The lowest BCUT2D eigenvalue weighted by molar-refractivity contribution is -0.113. The fourth-order valence-corrected chi connectivity index (χ4v) is 5.86. The minimum Gasteiger partial charge on any atom is -0.485 e. The predicted molar refractivity (Wildman–Crippen MR) is 180 cm³/mol. The fourth-order valence-electron chi connectivity index (χ4n) is 5.86. The molecule has 2 atom stereocenters. The average molecular weight is 665 g/mol. The molecule has 8 nitrogen and oxygen atoms in total. The van der Waals surface area contributed by atoms with E-state index in [1.54, 1.807) is 31.4 Å².